The van der Waals surface area contributed by atoms with Gasteiger partial charge in [-0.2, -0.15) is 0 Å². The lowest BCUT2D eigenvalue weighted by Crippen LogP contribution is -2.40. The number of hydrogen-bond donors (Lipinski definition) is 0. The normalized spacial score (nSPS) is 11.7. The number of carbonyl (C=O) groups is 1. The van der Waals surface area contributed by atoms with Gasteiger partial charge in [0.25, 0.3) is 0 Å². The maximum Gasteiger partial charge on any atom is 0.249 e. The van der Waals surface area contributed by atoms with Crippen molar-refractivity contribution >= 4 is 5.78 Å². The van der Waals surface area contributed by atoms with Gasteiger partial charge < -0.3 is 0 Å². The number of nitrogens with zero attached hydrogens (tertiary/aromatic N) is 2. The van der Waals surface area contributed by atoms with Crippen molar-refractivity contribution in [1.82, 2.24) is 4.57 Å². The molecule has 0 bridgehead atoms. The van der Waals surface area contributed by atoms with Gasteiger partial charge in [-0.15, -0.1) is 0 Å². The SMILES string of the molecule is Cc1cc(C)c(-n2cc[n+](CC(=O)C(C)(C)C)c2)c(C)c1. The Balaban J connectivity index is 2.31. The number of ketones is 1. The first-order valence-electron chi connectivity index (χ1n) is 7.37. The van der Waals surface area contributed by atoms with Crippen molar-refractivity contribution in [1.29, 1.82) is 0 Å². The van der Waals surface area contributed by atoms with Crippen LogP contribution < -0.4 is 4.57 Å². The second kappa shape index (κ2) is 5.47. The van der Waals surface area contributed by atoms with E-state index in [2.05, 4.69) is 37.5 Å². The van der Waals surface area contributed by atoms with Gasteiger partial charge in [0.1, 0.15) is 24.6 Å². The Kier molecular flexibility index (Phi) is 4.04. The predicted molar refractivity (Wildman–Crippen MR) is 84.6 cm³/mol. The number of hydrogen-bond acceptors (Lipinski definition) is 1. The lowest BCUT2D eigenvalue weighted by atomic mass is 9.91. The molecule has 1 aromatic heterocycles. The van der Waals surface area contributed by atoms with Crippen LogP contribution in [0.5, 0.6) is 0 Å². The molecule has 0 radical (unpaired) electrons. The topological polar surface area (TPSA) is 25.9 Å². The third-order valence-corrected chi connectivity index (χ3v) is 3.75. The molecule has 1 heterocycles. The van der Waals surface area contributed by atoms with Crippen LogP contribution in [-0.2, 0) is 11.3 Å². The quantitative estimate of drug-likeness (QED) is 0.795. The summed E-state index contributed by atoms with van der Waals surface area (Å²) in [7, 11) is 0. The summed E-state index contributed by atoms with van der Waals surface area (Å²) in [6.45, 7) is 12.7. The van der Waals surface area contributed by atoms with Gasteiger partial charge in [0.2, 0.25) is 6.33 Å². The fraction of sp³-hybridized carbons (Fsp3) is 0.444. The Morgan fingerprint density at radius 2 is 1.71 bits per heavy atom. The van der Waals surface area contributed by atoms with E-state index in [1.807, 2.05) is 44.1 Å². The monoisotopic (exact) mass is 285 g/mol. The van der Waals surface area contributed by atoms with Gasteiger partial charge in [-0.25, -0.2) is 9.13 Å². The van der Waals surface area contributed by atoms with Crippen molar-refractivity contribution in [3.05, 3.63) is 47.5 Å². The van der Waals surface area contributed by atoms with Crippen LogP contribution in [-0.4, -0.2) is 10.4 Å². The van der Waals surface area contributed by atoms with Crippen molar-refractivity contribution in [3.63, 3.8) is 0 Å². The zero-order valence-electron chi connectivity index (χ0n) is 13.9. The maximum absolute atomic E-state index is 12.1. The minimum Gasteiger partial charge on any atom is -0.295 e. The lowest BCUT2D eigenvalue weighted by molar-refractivity contribution is -0.684. The van der Waals surface area contributed by atoms with Crippen molar-refractivity contribution in [3.8, 4) is 5.69 Å². The summed E-state index contributed by atoms with van der Waals surface area (Å²) < 4.78 is 4.05. The van der Waals surface area contributed by atoms with E-state index in [0.29, 0.717) is 6.54 Å². The zero-order chi connectivity index (χ0) is 15.8. The molecule has 1 aromatic carbocycles. The van der Waals surface area contributed by atoms with Crippen LogP contribution in [0.4, 0.5) is 0 Å². The molecule has 0 aliphatic rings. The van der Waals surface area contributed by atoms with E-state index in [4.69, 9.17) is 0 Å². The van der Waals surface area contributed by atoms with Crippen LogP contribution in [0.3, 0.4) is 0 Å². The van der Waals surface area contributed by atoms with E-state index >= 15 is 0 Å². The molecule has 0 spiro atoms. The van der Waals surface area contributed by atoms with Gasteiger partial charge in [0.15, 0.2) is 5.78 Å². The molecule has 0 saturated carbocycles. The number of Topliss-reactive ketones (excluding diaryl/α,β-unsaturated/α-hetero) is 1. The van der Waals surface area contributed by atoms with E-state index in [9.17, 15) is 4.79 Å². The van der Waals surface area contributed by atoms with E-state index in [-0.39, 0.29) is 11.2 Å². The molecule has 0 aliphatic carbocycles. The van der Waals surface area contributed by atoms with E-state index in [0.717, 1.165) is 0 Å². The molecule has 112 valence electrons. The highest BCUT2D eigenvalue weighted by atomic mass is 16.1. The average molecular weight is 285 g/mol. The average Bonchev–Trinajstić information content (AvgIpc) is 2.74. The second-order valence-electron chi connectivity index (χ2n) is 6.91. The van der Waals surface area contributed by atoms with Crippen molar-refractivity contribution in [2.24, 2.45) is 5.41 Å². The first kappa shape index (κ1) is 15.5. The molecule has 0 fully saturated rings. The Morgan fingerprint density at radius 1 is 1.14 bits per heavy atom. The fourth-order valence-corrected chi connectivity index (χ4v) is 2.60. The van der Waals surface area contributed by atoms with E-state index in [1.54, 1.807) is 0 Å². The smallest absolute Gasteiger partial charge is 0.249 e. The van der Waals surface area contributed by atoms with Crippen molar-refractivity contribution < 1.29 is 9.36 Å². The molecule has 0 unspecified atom stereocenters. The molecule has 0 N–H and O–H groups in total. The van der Waals surface area contributed by atoms with Gasteiger partial charge in [-0.05, 0) is 31.9 Å². The molecular formula is C18H25N2O+. The van der Waals surface area contributed by atoms with Crippen LogP contribution in [0.15, 0.2) is 30.9 Å². The highest BCUT2D eigenvalue weighted by Crippen LogP contribution is 2.20. The van der Waals surface area contributed by atoms with E-state index < -0.39 is 0 Å². The molecular weight excluding hydrogens is 260 g/mol. The molecule has 21 heavy (non-hydrogen) atoms. The number of imidazole rings is 1. The number of carbonyl (C=O) groups excluding carboxylic acids is 1. The van der Waals surface area contributed by atoms with Crippen LogP contribution in [0.25, 0.3) is 5.69 Å². The van der Waals surface area contributed by atoms with Gasteiger partial charge in [-0.1, -0.05) is 38.5 Å². The highest BCUT2D eigenvalue weighted by molar-refractivity contribution is 5.82. The zero-order valence-corrected chi connectivity index (χ0v) is 13.9. The molecule has 2 aromatic rings. The number of aryl methyl sites for hydroxylation is 3. The van der Waals surface area contributed by atoms with Crippen molar-refractivity contribution in [2.45, 2.75) is 48.1 Å². The molecule has 0 aliphatic heterocycles. The maximum atomic E-state index is 12.1. The van der Waals surface area contributed by atoms with Crippen LogP contribution >= 0.6 is 0 Å². The number of rotatable bonds is 3. The lowest BCUT2D eigenvalue weighted by Gasteiger charge is -2.14. The molecule has 0 saturated heterocycles. The van der Waals surface area contributed by atoms with Crippen LogP contribution in [0.2, 0.25) is 0 Å². The summed E-state index contributed by atoms with van der Waals surface area (Å²) in [5.74, 6) is 0.239. The minimum absolute atomic E-state index is 0.239. The summed E-state index contributed by atoms with van der Waals surface area (Å²) in [5, 5.41) is 0. The molecule has 3 heteroatoms. The summed E-state index contributed by atoms with van der Waals surface area (Å²) >= 11 is 0. The first-order chi connectivity index (χ1) is 9.68. The summed E-state index contributed by atoms with van der Waals surface area (Å²) in [6.07, 6.45) is 5.97. The molecule has 2 rings (SSSR count). The first-order valence-corrected chi connectivity index (χ1v) is 7.37. The van der Waals surface area contributed by atoms with Crippen LogP contribution in [0.1, 0.15) is 37.5 Å². The van der Waals surface area contributed by atoms with Gasteiger partial charge in [-0.3, -0.25) is 4.79 Å². The second-order valence-corrected chi connectivity index (χ2v) is 6.91. The summed E-state index contributed by atoms with van der Waals surface area (Å²) in [4.78, 5) is 12.1. The fourth-order valence-electron chi connectivity index (χ4n) is 2.60. The Morgan fingerprint density at radius 3 is 2.24 bits per heavy atom. The highest BCUT2D eigenvalue weighted by Gasteiger charge is 2.24. The van der Waals surface area contributed by atoms with E-state index in [1.165, 1.54) is 22.4 Å². The van der Waals surface area contributed by atoms with Crippen LogP contribution in [0, 0.1) is 26.2 Å². The third kappa shape index (κ3) is 3.41. The van der Waals surface area contributed by atoms with Crippen molar-refractivity contribution in [2.75, 3.05) is 0 Å². The number of aromatic nitrogens is 2. The third-order valence-electron chi connectivity index (χ3n) is 3.75. The Labute approximate surface area is 127 Å². The Bertz CT molecular complexity index is 652. The molecule has 0 amide bonds. The van der Waals surface area contributed by atoms with Gasteiger partial charge >= 0.3 is 0 Å². The molecule has 0 atom stereocenters. The largest absolute Gasteiger partial charge is 0.295 e. The molecule has 3 nitrogen and oxygen atoms in total. The van der Waals surface area contributed by atoms with Gasteiger partial charge in [0.05, 0.1) is 0 Å². The standard InChI is InChI=1S/C18H25N2O/c1-13-9-14(2)17(15(3)10-13)20-8-7-19(12-20)11-16(21)18(4,5)6/h7-10,12H,11H2,1-6H3/q+1. The summed E-state index contributed by atoms with van der Waals surface area (Å²) in [5.41, 5.74) is 4.67. The predicted octanol–water partition coefficient (Wildman–Crippen LogP) is 3.31. The Hall–Kier alpha value is -1.90. The minimum atomic E-state index is -0.301. The number of benzene rings is 1. The summed E-state index contributed by atoms with van der Waals surface area (Å²) in [6, 6.07) is 4.37. The van der Waals surface area contributed by atoms with Gasteiger partial charge in [0, 0.05) is 5.41 Å².